The molecule has 2 aromatic rings. The number of rotatable bonds is 5. The first-order valence-corrected chi connectivity index (χ1v) is 7.11. The van der Waals surface area contributed by atoms with Crippen molar-refractivity contribution < 1.29 is 14.7 Å². The molecule has 7 heteroatoms. The number of carboxylic acids is 1. The minimum Gasteiger partial charge on any atom is -0.481 e. The molecule has 1 aromatic heterocycles. The summed E-state index contributed by atoms with van der Waals surface area (Å²) in [7, 11) is 0. The van der Waals surface area contributed by atoms with E-state index in [2.05, 4.69) is 15.6 Å². The van der Waals surface area contributed by atoms with Gasteiger partial charge in [-0.05, 0) is 24.6 Å². The highest BCUT2D eigenvalue weighted by atomic mass is 32.1. The molecular weight excluding hydrogens is 290 g/mol. The molecule has 110 valence electrons. The fraction of sp³-hybridized carbons (Fsp3) is 0.214. The van der Waals surface area contributed by atoms with Gasteiger partial charge in [-0.25, -0.2) is 9.78 Å². The van der Waals surface area contributed by atoms with E-state index in [4.69, 9.17) is 5.11 Å². The number of carbonyl (C=O) groups is 2. The zero-order chi connectivity index (χ0) is 15.2. The molecule has 2 rings (SSSR count). The Morgan fingerprint density at radius 2 is 2.19 bits per heavy atom. The van der Waals surface area contributed by atoms with E-state index in [-0.39, 0.29) is 12.5 Å². The van der Waals surface area contributed by atoms with Gasteiger partial charge in [0.15, 0.2) is 0 Å². The molecule has 0 saturated heterocycles. The van der Waals surface area contributed by atoms with Crippen molar-refractivity contribution in [2.24, 2.45) is 0 Å². The first kappa shape index (κ1) is 15.0. The summed E-state index contributed by atoms with van der Waals surface area (Å²) in [5, 5.41) is 15.1. The van der Waals surface area contributed by atoms with Gasteiger partial charge in [0, 0.05) is 16.8 Å². The number of thiazole rings is 1. The van der Waals surface area contributed by atoms with Gasteiger partial charge in [-0.15, -0.1) is 11.3 Å². The SMILES string of the molecule is Cc1ncc(CNC(=O)Nc2cccc(CC(=O)O)c2)s1. The third-order valence-electron chi connectivity index (χ3n) is 2.63. The minimum absolute atomic E-state index is 0.0721. The molecule has 0 bridgehead atoms. The second-order valence-electron chi connectivity index (χ2n) is 4.42. The summed E-state index contributed by atoms with van der Waals surface area (Å²) in [6, 6.07) is 6.43. The minimum atomic E-state index is -0.905. The molecule has 1 heterocycles. The van der Waals surface area contributed by atoms with Gasteiger partial charge in [-0.2, -0.15) is 0 Å². The largest absolute Gasteiger partial charge is 0.481 e. The lowest BCUT2D eigenvalue weighted by molar-refractivity contribution is -0.136. The number of nitrogens with zero attached hydrogens (tertiary/aromatic N) is 1. The number of aromatic nitrogens is 1. The van der Waals surface area contributed by atoms with E-state index in [0.717, 1.165) is 9.88 Å². The molecule has 3 N–H and O–H groups in total. The smallest absolute Gasteiger partial charge is 0.319 e. The Kier molecular flexibility index (Phi) is 4.89. The summed E-state index contributed by atoms with van der Waals surface area (Å²) < 4.78 is 0. The van der Waals surface area contributed by atoms with E-state index >= 15 is 0 Å². The van der Waals surface area contributed by atoms with Crippen molar-refractivity contribution in [2.45, 2.75) is 19.9 Å². The number of aryl methyl sites for hydroxylation is 1. The Hall–Kier alpha value is -2.41. The highest BCUT2D eigenvalue weighted by Crippen LogP contribution is 2.12. The van der Waals surface area contributed by atoms with Crippen LogP contribution in [0.25, 0.3) is 0 Å². The Bertz CT molecular complexity index is 654. The summed E-state index contributed by atoms with van der Waals surface area (Å²) in [6.45, 7) is 2.31. The number of urea groups is 1. The molecule has 6 nitrogen and oxygen atoms in total. The van der Waals surface area contributed by atoms with Gasteiger partial charge >= 0.3 is 12.0 Å². The molecule has 0 aliphatic heterocycles. The fourth-order valence-electron chi connectivity index (χ4n) is 1.76. The zero-order valence-electron chi connectivity index (χ0n) is 11.4. The number of benzene rings is 1. The number of hydrogen-bond acceptors (Lipinski definition) is 4. The summed E-state index contributed by atoms with van der Waals surface area (Å²) in [5.74, 6) is -0.905. The Morgan fingerprint density at radius 3 is 2.86 bits per heavy atom. The van der Waals surface area contributed by atoms with E-state index < -0.39 is 5.97 Å². The molecule has 0 atom stereocenters. The predicted molar refractivity (Wildman–Crippen MR) is 80.5 cm³/mol. The number of amides is 2. The summed E-state index contributed by atoms with van der Waals surface area (Å²) in [5.41, 5.74) is 1.20. The number of hydrogen-bond donors (Lipinski definition) is 3. The third kappa shape index (κ3) is 4.88. The maximum atomic E-state index is 11.8. The van der Waals surface area contributed by atoms with Crippen LogP contribution in [0.15, 0.2) is 30.5 Å². The van der Waals surface area contributed by atoms with Crippen LogP contribution < -0.4 is 10.6 Å². The molecule has 0 unspecified atom stereocenters. The van der Waals surface area contributed by atoms with Crippen LogP contribution in [0.3, 0.4) is 0 Å². The monoisotopic (exact) mass is 305 g/mol. The number of aliphatic carboxylic acids is 1. The predicted octanol–water partition coefficient (Wildman–Crippen LogP) is 2.40. The lowest BCUT2D eigenvalue weighted by atomic mass is 10.1. The van der Waals surface area contributed by atoms with Crippen molar-refractivity contribution in [3.63, 3.8) is 0 Å². The van der Waals surface area contributed by atoms with Crippen LogP contribution in [0.1, 0.15) is 15.4 Å². The van der Waals surface area contributed by atoms with Crippen LogP contribution in [0, 0.1) is 6.92 Å². The second-order valence-corrected chi connectivity index (χ2v) is 5.74. The molecule has 21 heavy (non-hydrogen) atoms. The standard InChI is InChI=1S/C14H15N3O3S/c1-9-15-7-12(21-9)8-16-14(20)17-11-4-2-3-10(5-11)6-13(18)19/h2-5,7H,6,8H2,1H3,(H,18,19)(H2,16,17,20). The maximum absolute atomic E-state index is 11.8. The van der Waals surface area contributed by atoms with Gasteiger partial charge in [0.1, 0.15) is 0 Å². The fourth-order valence-corrected chi connectivity index (χ4v) is 2.50. The number of anilines is 1. The van der Waals surface area contributed by atoms with E-state index in [0.29, 0.717) is 17.8 Å². The molecule has 0 aliphatic carbocycles. The molecule has 2 amide bonds. The van der Waals surface area contributed by atoms with Crippen LogP contribution in [0.5, 0.6) is 0 Å². The summed E-state index contributed by atoms with van der Waals surface area (Å²) in [6.07, 6.45) is 1.66. The first-order valence-electron chi connectivity index (χ1n) is 6.30. The van der Waals surface area contributed by atoms with Crippen molar-refractivity contribution in [1.29, 1.82) is 0 Å². The van der Waals surface area contributed by atoms with Crippen molar-refractivity contribution in [3.8, 4) is 0 Å². The van der Waals surface area contributed by atoms with Gasteiger partial charge < -0.3 is 15.7 Å². The second kappa shape index (κ2) is 6.85. The average molecular weight is 305 g/mol. The summed E-state index contributed by atoms with van der Waals surface area (Å²) in [4.78, 5) is 27.5. The molecule has 0 saturated carbocycles. The molecular formula is C14H15N3O3S. The van der Waals surface area contributed by atoms with E-state index in [1.807, 2.05) is 6.92 Å². The number of nitrogens with one attached hydrogen (secondary N) is 2. The van der Waals surface area contributed by atoms with Gasteiger partial charge in [-0.1, -0.05) is 12.1 Å². The van der Waals surface area contributed by atoms with Gasteiger partial charge in [0.25, 0.3) is 0 Å². The van der Waals surface area contributed by atoms with Crippen molar-refractivity contribution in [3.05, 3.63) is 45.9 Å². The number of carboxylic acid groups (broad SMARTS) is 1. The van der Waals surface area contributed by atoms with Crippen LogP contribution in [-0.4, -0.2) is 22.1 Å². The van der Waals surface area contributed by atoms with Crippen LogP contribution in [0.2, 0.25) is 0 Å². The van der Waals surface area contributed by atoms with E-state index in [1.165, 1.54) is 11.3 Å². The van der Waals surface area contributed by atoms with Crippen LogP contribution in [-0.2, 0) is 17.8 Å². The lowest BCUT2D eigenvalue weighted by Gasteiger charge is -2.07. The average Bonchev–Trinajstić information content (AvgIpc) is 2.82. The highest BCUT2D eigenvalue weighted by Gasteiger charge is 2.05. The molecule has 0 aliphatic rings. The number of carbonyl (C=O) groups excluding carboxylic acids is 1. The third-order valence-corrected chi connectivity index (χ3v) is 3.55. The lowest BCUT2D eigenvalue weighted by Crippen LogP contribution is -2.27. The zero-order valence-corrected chi connectivity index (χ0v) is 12.2. The molecule has 0 spiro atoms. The van der Waals surface area contributed by atoms with Crippen LogP contribution >= 0.6 is 11.3 Å². The Labute approximate surface area is 125 Å². The van der Waals surface area contributed by atoms with E-state index in [1.54, 1.807) is 30.5 Å². The van der Waals surface area contributed by atoms with Gasteiger partial charge in [0.2, 0.25) is 0 Å². The Morgan fingerprint density at radius 1 is 1.38 bits per heavy atom. The maximum Gasteiger partial charge on any atom is 0.319 e. The van der Waals surface area contributed by atoms with E-state index in [9.17, 15) is 9.59 Å². The van der Waals surface area contributed by atoms with Crippen molar-refractivity contribution in [1.82, 2.24) is 10.3 Å². The molecule has 0 radical (unpaired) electrons. The van der Waals surface area contributed by atoms with Gasteiger partial charge in [0.05, 0.1) is 18.0 Å². The van der Waals surface area contributed by atoms with Crippen molar-refractivity contribution in [2.75, 3.05) is 5.32 Å². The summed E-state index contributed by atoms with van der Waals surface area (Å²) >= 11 is 1.53. The highest BCUT2D eigenvalue weighted by molar-refractivity contribution is 7.11. The van der Waals surface area contributed by atoms with Crippen molar-refractivity contribution >= 4 is 29.0 Å². The topological polar surface area (TPSA) is 91.3 Å². The van der Waals surface area contributed by atoms with Crippen LogP contribution in [0.4, 0.5) is 10.5 Å². The normalized spacial score (nSPS) is 10.1. The Balaban J connectivity index is 1.88. The molecule has 1 aromatic carbocycles. The van der Waals surface area contributed by atoms with Gasteiger partial charge in [-0.3, -0.25) is 4.79 Å². The molecule has 0 fully saturated rings. The quantitative estimate of drug-likeness (QED) is 0.791. The first-order chi connectivity index (χ1) is 10.0.